The third kappa shape index (κ3) is 3.92. The van der Waals surface area contributed by atoms with E-state index in [2.05, 4.69) is 44.7 Å². The molecule has 3 atom stereocenters. The van der Waals surface area contributed by atoms with Gasteiger partial charge in [-0.15, -0.1) is 0 Å². The Hall–Kier alpha value is -0.160. The van der Waals surface area contributed by atoms with Crippen LogP contribution in [0.1, 0.15) is 27.2 Å². The molecule has 0 radical (unpaired) electrons. The van der Waals surface area contributed by atoms with Gasteiger partial charge in [-0.25, -0.2) is 0 Å². The highest BCUT2D eigenvalue weighted by atomic mass is 16.5. The molecule has 1 aliphatic rings. The highest BCUT2D eigenvalue weighted by Gasteiger charge is 2.32. The SMILES string of the molecule is COC(C)(C)C(N)CCN1CC(C)C(N(C)C)C1. The van der Waals surface area contributed by atoms with Gasteiger partial charge in [0.25, 0.3) is 0 Å². The Labute approximate surface area is 112 Å². The fraction of sp³-hybridized carbons (Fsp3) is 1.00. The van der Waals surface area contributed by atoms with E-state index in [0.717, 1.165) is 25.4 Å². The van der Waals surface area contributed by atoms with Gasteiger partial charge in [0, 0.05) is 32.3 Å². The van der Waals surface area contributed by atoms with Gasteiger partial charge in [-0.2, -0.15) is 0 Å². The van der Waals surface area contributed by atoms with E-state index in [-0.39, 0.29) is 11.6 Å². The fourth-order valence-electron chi connectivity index (χ4n) is 2.72. The normalized spacial score (nSPS) is 28.0. The molecule has 18 heavy (non-hydrogen) atoms. The van der Waals surface area contributed by atoms with Crippen LogP contribution in [0.2, 0.25) is 0 Å². The van der Waals surface area contributed by atoms with Gasteiger partial charge >= 0.3 is 0 Å². The second-order valence-corrected chi connectivity index (χ2v) is 6.47. The molecule has 0 aliphatic carbocycles. The lowest BCUT2D eigenvalue weighted by Crippen LogP contribution is -2.46. The topological polar surface area (TPSA) is 41.7 Å². The van der Waals surface area contributed by atoms with E-state index in [1.807, 2.05) is 0 Å². The van der Waals surface area contributed by atoms with Crippen LogP contribution in [0, 0.1) is 5.92 Å². The summed E-state index contributed by atoms with van der Waals surface area (Å²) in [5.41, 5.74) is 5.98. The molecule has 0 aromatic carbocycles. The van der Waals surface area contributed by atoms with Gasteiger partial charge in [0.2, 0.25) is 0 Å². The first-order valence-electron chi connectivity index (χ1n) is 6.97. The minimum absolute atomic E-state index is 0.0937. The van der Waals surface area contributed by atoms with Crippen LogP contribution in [0.25, 0.3) is 0 Å². The molecule has 1 rings (SSSR count). The number of likely N-dealkylation sites (N-methyl/N-ethyl adjacent to an activating group) is 1. The highest BCUT2D eigenvalue weighted by molar-refractivity contribution is 4.89. The lowest BCUT2D eigenvalue weighted by atomic mass is 9.96. The third-order valence-electron chi connectivity index (χ3n) is 4.49. The van der Waals surface area contributed by atoms with Gasteiger partial charge < -0.3 is 20.3 Å². The molecule has 2 N–H and O–H groups in total. The molecule has 3 unspecified atom stereocenters. The van der Waals surface area contributed by atoms with E-state index in [4.69, 9.17) is 10.5 Å². The lowest BCUT2D eigenvalue weighted by Gasteiger charge is -2.31. The maximum Gasteiger partial charge on any atom is 0.0773 e. The fourth-order valence-corrected chi connectivity index (χ4v) is 2.72. The molecule has 0 bridgehead atoms. The van der Waals surface area contributed by atoms with Crippen molar-refractivity contribution in [2.24, 2.45) is 11.7 Å². The molecule has 1 saturated heterocycles. The number of nitrogens with two attached hydrogens (primary N) is 1. The van der Waals surface area contributed by atoms with Gasteiger partial charge in [0.05, 0.1) is 5.60 Å². The van der Waals surface area contributed by atoms with Gasteiger partial charge in [-0.05, 0) is 46.8 Å². The van der Waals surface area contributed by atoms with Crippen LogP contribution in [-0.4, -0.2) is 68.3 Å². The molecule has 0 aromatic heterocycles. The lowest BCUT2D eigenvalue weighted by molar-refractivity contribution is -0.00337. The van der Waals surface area contributed by atoms with Crippen LogP contribution >= 0.6 is 0 Å². The molecule has 1 heterocycles. The second kappa shape index (κ2) is 6.33. The minimum atomic E-state index is -0.230. The highest BCUT2D eigenvalue weighted by Crippen LogP contribution is 2.21. The van der Waals surface area contributed by atoms with E-state index >= 15 is 0 Å². The summed E-state index contributed by atoms with van der Waals surface area (Å²) in [5, 5.41) is 0. The Balaban J connectivity index is 2.38. The summed E-state index contributed by atoms with van der Waals surface area (Å²) in [4.78, 5) is 4.87. The van der Waals surface area contributed by atoms with Gasteiger partial charge in [-0.3, -0.25) is 0 Å². The van der Waals surface area contributed by atoms with E-state index in [9.17, 15) is 0 Å². The predicted molar refractivity (Wildman–Crippen MR) is 76.8 cm³/mol. The third-order valence-corrected chi connectivity index (χ3v) is 4.49. The summed E-state index contributed by atoms with van der Waals surface area (Å²) in [6, 6.07) is 0.771. The maximum absolute atomic E-state index is 6.21. The van der Waals surface area contributed by atoms with Crippen LogP contribution in [0.3, 0.4) is 0 Å². The van der Waals surface area contributed by atoms with Crippen LogP contribution in [0.15, 0.2) is 0 Å². The van der Waals surface area contributed by atoms with Crippen LogP contribution < -0.4 is 5.73 Å². The molecule has 0 amide bonds. The summed E-state index contributed by atoms with van der Waals surface area (Å²) < 4.78 is 5.44. The van der Waals surface area contributed by atoms with Crippen molar-refractivity contribution in [1.82, 2.24) is 9.80 Å². The number of likely N-dealkylation sites (tertiary alicyclic amines) is 1. The minimum Gasteiger partial charge on any atom is -0.377 e. The summed E-state index contributed by atoms with van der Waals surface area (Å²) in [6.07, 6.45) is 0.994. The van der Waals surface area contributed by atoms with Crippen LogP contribution in [0.5, 0.6) is 0 Å². The zero-order valence-corrected chi connectivity index (χ0v) is 12.9. The zero-order valence-electron chi connectivity index (χ0n) is 12.9. The largest absolute Gasteiger partial charge is 0.377 e. The predicted octanol–water partition coefficient (Wildman–Crippen LogP) is 1.01. The van der Waals surface area contributed by atoms with Crippen molar-refractivity contribution in [1.29, 1.82) is 0 Å². The van der Waals surface area contributed by atoms with Crippen molar-refractivity contribution >= 4 is 0 Å². The van der Waals surface area contributed by atoms with E-state index < -0.39 is 0 Å². The van der Waals surface area contributed by atoms with Gasteiger partial charge in [0.1, 0.15) is 0 Å². The summed E-state index contributed by atoms with van der Waals surface area (Å²) in [7, 11) is 6.08. The van der Waals surface area contributed by atoms with E-state index in [1.54, 1.807) is 7.11 Å². The molecular weight excluding hydrogens is 226 g/mol. The van der Waals surface area contributed by atoms with E-state index in [1.165, 1.54) is 6.54 Å². The number of rotatable bonds is 6. The summed E-state index contributed by atoms with van der Waals surface area (Å²) in [5.74, 6) is 0.742. The summed E-state index contributed by atoms with van der Waals surface area (Å²) in [6.45, 7) is 9.88. The molecule has 108 valence electrons. The average molecular weight is 257 g/mol. The first kappa shape index (κ1) is 15.9. The van der Waals surface area contributed by atoms with Gasteiger partial charge in [0.15, 0.2) is 0 Å². The molecule has 1 fully saturated rings. The monoisotopic (exact) mass is 257 g/mol. The number of ether oxygens (including phenoxy) is 1. The van der Waals surface area contributed by atoms with Crippen molar-refractivity contribution in [3.8, 4) is 0 Å². The number of nitrogens with zero attached hydrogens (tertiary/aromatic N) is 2. The Bertz CT molecular complexity index is 255. The second-order valence-electron chi connectivity index (χ2n) is 6.47. The maximum atomic E-state index is 6.21. The number of hydrogen-bond acceptors (Lipinski definition) is 4. The van der Waals surface area contributed by atoms with Gasteiger partial charge in [-0.1, -0.05) is 6.92 Å². The Morgan fingerprint density at radius 3 is 2.44 bits per heavy atom. The van der Waals surface area contributed by atoms with Crippen molar-refractivity contribution in [2.75, 3.05) is 40.8 Å². The number of methoxy groups -OCH3 is 1. The zero-order chi connectivity index (χ0) is 13.9. The molecule has 4 nitrogen and oxygen atoms in total. The van der Waals surface area contributed by atoms with E-state index in [0.29, 0.717) is 6.04 Å². The molecule has 4 heteroatoms. The van der Waals surface area contributed by atoms with Crippen molar-refractivity contribution in [3.05, 3.63) is 0 Å². The quantitative estimate of drug-likeness (QED) is 0.771. The van der Waals surface area contributed by atoms with Crippen molar-refractivity contribution < 1.29 is 4.74 Å². The standard InChI is InChI=1S/C14H31N3O/c1-11-9-17(10-12(11)16(4)5)8-7-13(15)14(2,3)18-6/h11-13H,7-10,15H2,1-6H3. The molecule has 0 saturated carbocycles. The Morgan fingerprint density at radius 2 is 2.00 bits per heavy atom. The summed E-state index contributed by atoms with van der Waals surface area (Å²) >= 11 is 0. The first-order chi connectivity index (χ1) is 8.27. The van der Waals surface area contributed by atoms with Crippen molar-refractivity contribution in [3.63, 3.8) is 0 Å². The number of hydrogen-bond donors (Lipinski definition) is 1. The molecule has 0 spiro atoms. The first-order valence-corrected chi connectivity index (χ1v) is 6.97. The van der Waals surface area contributed by atoms with Crippen LogP contribution in [-0.2, 0) is 4.74 Å². The Kier molecular flexibility index (Phi) is 5.59. The molecular formula is C14H31N3O. The average Bonchev–Trinajstić information content (AvgIpc) is 2.67. The Morgan fingerprint density at radius 1 is 1.39 bits per heavy atom. The van der Waals surface area contributed by atoms with Crippen LogP contribution in [0.4, 0.5) is 0 Å². The smallest absolute Gasteiger partial charge is 0.0773 e. The van der Waals surface area contributed by atoms with Crippen molar-refractivity contribution in [2.45, 2.75) is 44.9 Å². The molecule has 0 aromatic rings. The molecule has 1 aliphatic heterocycles.